The number of nitrogens with one attached hydrogen (secondary N) is 1. The standard InChI is InChI=1S/C20H28F3N3O2S/c21-20(22,23)17-12-16(13-18(14-17)25-8-10-29(27,28)11-9-25)15-26-7-1-2-19(26)3-5-24-6-4-19/h12-14,24H,1-11,15H2. The Morgan fingerprint density at radius 3 is 2.34 bits per heavy atom. The molecule has 162 valence electrons. The zero-order valence-corrected chi connectivity index (χ0v) is 17.3. The van der Waals surface area contributed by atoms with Gasteiger partial charge < -0.3 is 10.2 Å². The number of nitrogens with zero attached hydrogens (tertiary/aromatic N) is 2. The first-order chi connectivity index (χ1) is 13.7. The summed E-state index contributed by atoms with van der Waals surface area (Å²) in [5, 5.41) is 3.38. The largest absolute Gasteiger partial charge is 0.416 e. The Kier molecular flexibility index (Phi) is 5.59. The molecule has 4 rings (SSSR count). The van der Waals surface area contributed by atoms with Gasteiger partial charge in [-0.1, -0.05) is 0 Å². The van der Waals surface area contributed by atoms with Gasteiger partial charge >= 0.3 is 6.18 Å². The lowest BCUT2D eigenvalue weighted by Gasteiger charge is -2.42. The highest BCUT2D eigenvalue weighted by Crippen LogP contribution is 2.39. The molecule has 0 bridgehead atoms. The average Bonchev–Trinajstić information content (AvgIpc) is 3.03. The van der Waals surface area contributed by atoms with Gasteiger partial charge in [0, 0.05) is 30.9 Å². The number of hydrogen-bond acceptors (Lipinski definition) is 5. The highest BCUT2D eigenvalue weighted by atomic mass is 32.2. The van der Waals surface area contributed by atoms with Gasteiger partial charge in [0.15, 0.2) is 9.84 Å². The fourth-order valence-corrected chi connectivity index (χ4v) is 6.20. The Balaban J connectivity index is 1.61. The van der Waals surface area contributed by atoms with Crippen LogP contribution in [0.1, 0.15) is 36.8 Å². The van der Waals surface area contributed by atoms with Crippen molar-refractivity contribution in [1.82, 2.24) is 10.2 Å². The average molecular weight is 432 g/mol. The second-order valence-corrected chi connectivity index (χ2v) is 10.8. The summed E-state index contributed by atoms with van der Waals surface area (Å²) in [5.74, 6) is -0.0262. The molecular weight excluding hydrogens is 403 g/mol. The minimum Gasteiger partial charge on any atom is -0.369 e. The highest BCUT2D eigenvalue weighted by molar-refractivity contribution is 7.91. The van der Waals surface area contributed by atoms with Crippen LogP contribution in [0, 0.1) is 0 Å². The van der Waals surface area contributed by atoms with Crippen molar-refractivity contribution in [2.24, 2.45) is 0 Å². The van der Waals surface area contributed by atoms with E-state index in [1.807, 2.05) is 6.07 Å². The first-order valence-electron chi connectivity index (χ1n) is 10.3. The maximum absolute atomic E-state index is 13.6. The summed E-state index contributed by atoms with van der Waals surface area (Å²) in [7, 11) is -3.09. The van der Waals surface area contributed by atoms with Gasteiger partial charge in [-0.3, -0.25) is 4.90 Å². The molecule has 29 heavy (non-hydrogen) atoms. The molecule has 3 heterocycles. The molecule has 0 radical (unpaired) electrons. The molecule has 3 fully saturated rings. The van der Waals surface area contributed by atoms with Gasteiger partial charge in [-0.05, 0) is 69.1 Å². The number of sulfone groups is 1. The van der Waals surface area contributed by atoms with E-state index in [4.69, 9.17) is 0 Å². The van der Waals surface area contributed by atoms with E-state index < -0.39 is 21.6 Å². The Labute approximate surface area is 170 Å². The molecule has 0 aliphatic carbocycles. The molecule has 1 N–H and O–H groups in total. The van der Waals surface area contributed by atoms with Gasteiger partial charge in [0.2, 0.25) is 0 Å². The van der Waals surface area contributed by atoms with Crippen LogP contribution in [0.2, 0.25) is 0 Å². The second-order valence-electron chi connectivity index (χ2n) is 8.52. The Hall–Kier alpha value is -1.32. The van der Waals surface area contributed by atoms with Crippen molar-refractivity contribution in [3.8, 4) is 0 Å². The quantitative estimate of drug-likeness (QED) is 0.798. The Bertz CT molecular complexity index is 837. The summed E-state index contributed by atoms with van der Waals surface area (Å²) in [6, 6.07) is 4.24. The van der Waals surface area contributed by atoms with Crippen LogP contribution in [0.5, 0.6) is 0 Å². The number of anilines is 1. The molecule has 1 spiro atoms. The Morgan fingerprint density at radius 2 is 1.69 bits per heavy atom. The number of likely N-dealkylation sites (tertiary alicyclic amines) is 1. The zero-order chi connectivity index (χ0) is 20.7. The van der Waals surface area contributed by atoms with Crippen molar-refractivity contribution in [2.45, 2.75) is 43.9 Å². The molecule has 0 aromatic heterocycles. The van der Waals surface area contributed by atoms with Gasteiger partial charge in [0.25, 0.3) is 0 Å². The van der Waals surface area contributed by atoms with E-state index in [1.165, 1.54) is 6.07 Å². The molecule has 0 unspecified atom stereocenters. The third-order valence-electron chi connectivity index (χ3n) is 6.66. The second kappa shape index (κ2) is 7.74. The summed E-state index contributed by atoms with van der Waals surface area (Å²) in [6.07, 6.45) is -0.185. The van der Waals surface area contributed by atoms with Crippen LogP contribution in [0.4, 0.5) is 18.9 Å². The number of hydrogen-bond donors (Lipinski definition) is 1. The highest BCUT2D eigenvalue weighted by Gasteiger charge is 2.41. The maximum atomic E-state index is 13.6. The summed E-state index contributed by atoms with van der Waals surface area (Å²) >= 11 is 0. The molecule has 5 nitrogen and oxygen atoms in total. The van der Waals surface area contributed by atoms with E-state index in [-0.39, 0.29) is 30.1 Å². The fraction of sp³-hybridized carbons (Fsp3) is 0.700. The molecule has 0 atom stereocenters. The van der Waals surface area contributed by atoms with E-state index in [0.29, 0.717) is 17.8 Å². The van der Waals surface area contributed by atoms with Crippen molar-refractivity contribution in [2.75, 3.05) is 49.1 Å². The maximum Gasteiger partial charge on any atom is 0.416 e. The zero-order valence-electron chi connectivity index (χ0n) is 16.5. The number of alkyl halides is 3. The molecule has 0 saturated carbocycles. The SMILES string of the molecule is O=S1(=O)CCN(c2cc(CN3CCCC34CCNCC4)cc(C(F)(F)F)c2)CC1. The van der Waals surface area contributed by atoms with Crippen LogP contribution in [-0.2, 0) is 22.6 Å². The molecule has 9 heteroatoms. The number of benzene rings is 1. The summed E-state index contributed by atoms with van der Waals surface area (Å²) < 4.78 is 64.1. The predicted octanol–water partition coefficient (Wildman–Crippen LogP) is 2.66. The number of halogens is 3. The Morgan fingerprint density at radius 1 is 1.00 bits per heavy atom. The lowest BCUT2D eigenvalue weighted by Crippen LogP contribution is -2.50. The fourth-order valence-electron chi connectivity index (χ4n) is 5.00. The van der Waals surface area contributed by atoms with Crippen LogP contribution in [-0.4, -0.2) is 63.1 Å². The predicted molar refractivity (Wildman–Crippen MR) is 107 cm³/mol. The smallest absolute Gasteiger partial charge is 0.369 e. The molecule has 0 amide bonds. The van der Waals surface area contributed by atoms with Gasteiger partial charge in [-0.15, -0.1) is 0 Å². The van der Waals surface area contributed by atoms with Crippen molar-refractivity contribution >= 4 is 15.5 Å². The summed E-state index contributed by atoms with van der Waals surface area (Å²) in [5.41, 5.74) is 0.571. The van der Waals surface area contributed by atoms with E-state index in [0.717, 1.165) is 51.4 Å². The lowest BCUT2D eigenvalue weighted by atomic mass is 9.85. The minimum absolute atomic E-state index is 0.0131. The first-order valence-corrected chi connectivity index (χ1v) is 12.1. The third kappa shape index (κ3) is 4.56. The molecule has 3 aliphatic heterocycles. The van der Waals surface area contributed by atoms with Gasteiger partial charge in [0.05, 0.1) is 17.1 Å². The van der Waals surface area contributed by atoms with E-state index >= 15 is 0 Å². The van der Waals surface area contributed by atoms with Crippen LogP contribution in [0.15, 0.2) is 18.2 Å². The van der Waals surface area contributed by atoms with Gasteiger partial charge in [-0.25, -0.2) is 8.42 Å². The number of rotatable bonds is 3. The number of piperidine rings is 1. The topological polar surface area (TPSA) is 52.7 Å². The van der Waals surface area contributed by atoms with Crippen molar-refractivity contribution in [1.29, 1.82) is 0 Å². The first kappa shape index (κ1) is 20.9. The molecular formula is C20H28F3N3O2S. The van der Waals surface area contributed by atoms with E-state index in [2.05, 4.69) is 10.2 Å². The third-order valence-corrected chi connectivity index (χ3v) is 8.27. The normalized spacial score (nSPS) is 24.9. The monoisotopic (exact) mass is 431 g/mol. The molecule has 3 saturated heterocycles. The molecule has 3 aliphatic rings. The van der Waals surface area contributed by atoms with Crippen molar-refractivity contribution in [3.05, 3.63) is 29.3 Å². The summed E-state index contributed by atoms with van der Waals surface area (Å²) in [6.45, 7) is 3.79. The van der Waals surface area contributed by atoms with Crippen LogP contribution < -0.4 is 10.2 Å². The summed E-state index contributed by atoms with van der Waals surface area (Å²) in [4.78, 5) is 4.14. The van der Waals surface area contributed by atoms with Crippen molar-refractivity contribution < 1.29 is 21.6 Å². The van der Waals surface area contributed by atoms with Crippen LogP contribution >= 0.6 is 0 Å². The minimum atomic E-state index is -4.43. The van der Waals surface area contributed by atoms with Gasteiger partial charge in [0.1, 0.15) is 0 Å². The van der Waals surface area contributed by atoms with E-state index in [1.54, 1.807) is 4.90 Å². The lowest BCUT2D eigenvalue weighted by molar-refractivity contribution is -0.137. The molecule has 1 aromatic carbocycles. The van der Waals surface area contributed by atoms with Gasteiger partial charge in [-0.2, -0.15) is 13.2 Å². The van der Waals surface area contributed by atoms with Crippen molar-refractivity contribution in [3.63, 3.8) is 0 Å². The van der Waals surface area contributed by atoms with Crippen LogP contribution in [0.3, 0.4) is 0 Å². The molecule has 1 aromatic rings. The van der Waals surface area contributed by atoms with E-state index in [9.17, 15) is 21.6 Å². The van der Waals surface area contributed by atoms with Crippen LogP contribution in [0.25, 0.3) is 0 Å².